The first-order valence-electron chi connectivity index (χ1n) is 5.22. The zero-order valence-electron chi connectivity index (χ0n) is 9.83. The lowest BCUT2D eigenvalue weighted by Crippen LogP contribution is -2.37. The predicted molar refractivity (Wildman–Crippen MR) is 73.8 cm³/mol. The first kappa shape index (κ1) is 14.7. The number of urea groups is 1. The van der Waals surface area contributed by atoms with Gasteiger partial charge < -0.3 is 11.1 Å². The number of hydrogen-bond acceptors (Lipinski definition) is 4. The van der Waals surface area contributed by atoms with Crippen LogP contribution in [-0.4, -0.2) is 24.7 Å². The maximum atomic E-state index is 11.3. The second kappa shape index (κ2) is 7.13. The molecular weight excluding hydrogens is 274 g/mol. The Morgan fingerprint density at radius 3 is 2.83 bits per heavy atom. The summed E-state index contributed by atoms with van der Waals surface area (Å²) in [7, 11) is 1.45. The quantitative estimate of drug-likeness (QED) is 0.583. The van der Waals surface area contributed by atoms with Crippen molar-refractivity contribution in [1.82, 2.24) is 10.6 Å². The number of carbonyl (C=O) groups excluding carboxylic acids is 2. The molecule has 0 atom stereocenters. The van der Waals surface area contributed by atoms with Crippen LogP contribution in [0.5, 0.6) is 0 Å². The summed E-state index contributed by atoms with van der Waals surface area (Å²) in [5.41, 5.74) is 6.39. The van der Waals surface area contributed by atoms with Gasteiger partial charge in [0.25, 0.3) is 0 Å². The van der Waals surface area contributed by atoms with E-state index in [0.29, 0.717) is 16.5 Å². The largest absolute Gasteiger partial charge is 0.398 e. The molecule has 1 aromatic carbocycles. The van der Waals surface area contributed by atoms with E-state index in [4.69, 9.17) is 17.3 Å². The fraction of sp³-hybridized carbons (Fsp3) is 0.273. The molecule has 18 heavy (non-hydrogen) atoms. The molecule has 0 fully saturated rings. The fourth-order valence-electron chi connectivity index (χ4n) is 1.14. The van der Waals surface area contributed by atoms with Gasteiger partial charge in [-0.3, -0.25) is 10.1 Å². The molecule has 7 heteroatoms. The minimum atomic E-state index is -0.507. The molecule has 3 amide bonds. The van der Waals surface area contributed by atoms with Crippen LogP contribution >= 0.6 is 23.4 Å². The molecule has 0 aromatic heterocycles. The van der Waals surface area contributed by atoms with Crippen molar-refractivity contribution in [2.45, 2.75) is 11.3 Å². The van der Waals surface area contributed by atoms with Crippen molar-refractivity contribution < 1.29 is 9.59 Å². The molecule has 0 radical (unpaired) electrons. The Labute approximate surface area is 114 Å². The maximum Gasteiger partial charge on any atom is 0.321 e. The number of benzene rings is 1. The summed E-state index contributed by atoms with van der Waals surface area (Å²) in [4.78, 5) is 23.0. The molecule has 0 spiro atoms. The van der Waals surface area contributed by atoms with Gasteiger partial charge in [0, 0.05) is 34.8 Å². The second-order valence-electron chi connectivity index (χ2n) is 3.41. The highest BCUT2D eigenvalue weighted by Gasteiger charge is 2.07. The number of nitrogens with one attached hydrogen (secondary N) is 2. The van der Waals surface area contributed by atoms with Gasteiger partial charge in [-0.1, -0.05) is 11.6 Å². The molecule has 0 heterocycles. The zero-order valence-corrected chi connectivity index (χ0v) is 11.4. The Morgan fingerprint density at radius 2 is 2.17 bits per heavy atom. The molecule has 0 aliphatic heterocycles. The van der Waals surface area contributed by atoms with Crippen LogP contribution in [0.15, 0.2) is 23.1 Å². The van der Waals surface area contributed by atoms with Crippen LogP contribution in [0.3, 0.4) is 0 Å². The highest BCUT2D eigenvalue weighted by molar-refractivity contribution is 7.99. The first-order chi connectivity index (χ1) is 8.52. The van der Waals surface area contributed by atoms with Gasteiger partial charge >= 0.3 is 6.03 Å². The van der Waals surface area contributed by atoms with E-state index in [1.54, 1.807) is 18.2 Å². The number of anilines is 1. The molecule has 1 aromatic rings. The van der Waals surface area contributed by atoms with E-state index in [0.717, 1.165) is 4.90 Å². The van der Waals surface area contributed by atoms with Gasteiger partial charge in [-0.25, -0.2) is 4.79 Å². The van der Waals surface area contributed by atoms with E-state index >= 15 is 0 Å². The molecule has 4 N–H and O–H groups in total. The number of amides is 3. The van der Waals surface area contributed by atoms with Gasteiger partial charge in [-0.2, -0.15) is 0 Å². The van der Waals surface area contributed by atoms with E-state index in [2.05, 4.69) is 10.6 Å². The number of rotatable bonds is 4. The average molecular weight is 288 g/mol. The molecule has 0 saturated heterocycles. The topological polar surface area (TPSA) is 84.2 Å². The number of carbonyl (C=O) groups is 2. The maximum absolute atomic E-state index is 11.3. The highest BCUT2D eigenvalue weighted by Crippen LogP contribution is 2.28. The Morgan fingerprint density at radius 1 is 1.44 bits per heavy atom. The van der Waals surface area contributed by atoms with E-state index < -0.39 is 6.03 Å². The minimum absolute atomic E-state index is 0.226. The third-order valence-electron chi connectivity index (χ3n) is 2.04. The fourth-order valence-corrected chi connectivity index (χ4v) is 2.33. The van der Waals surface area contributed by atoms with Crippen LogP contribution in [0.1, 0.15) is 6.42 Å². The highest BCUT2D eigenvalue weighted by atomic mass is 35.5. The van der Waals surface area contributed by atoms with Crippen LogP contribution < -0.4 is 16.4 Å². The lowest BCUT2D eigenvalue weighted by atomic mass is 10.3. The lowest BCUT2D eigenvalue weighted by molar-refractivity contribution is -0.119. The van der Waals surface area contributed by atoms with Crippen LogP contribution in [0.25, 0.3) is 0 Å². The number of halogens is 1. The van der Waals surface area contributed by atoms with Crippen molar-refractivity contribution in [3.05, 3.63) is 23.2 Å². The smallest absolute Gasteiger partial charge is 0.321 e. The Balaban J connectivity index is 2.39. The summed E-state index contributed by atoms with van der Waals surface area (Å²) in [5, 5.41) is 5.09. The third kappa shape index (κ3) is 4.85. The van der Waals surface area contributed by atoms with Gasteiger partial charge in [-0.05, 0) is 18.2 Å². The molecule has 98 valence electrons. The van der Waals surface area contributed by atoms with Crippen molar-refractivity contribution >= 4 is 41.0 Å². The summed E-state index contributed by atoms with van der Waals surface area (Å²) >= 11 is 7.27. The van der Waals surface area contributed by atoms with Crippen LogP contribution in [0.4, 0.5) is 10.5 Å². The van der Waals surface area contributed by atoms with Gasteiger partial charge in [0.2, 0.25) is 5.91 Å². The Kier molecular flexibility index (Phi) is 5.80. The van der Waals surface area contributed by atoms with Crippen molar-refractivity contribution in [2.24, 2.45) is 0 Å². The standard InChI is InChI=1S/C11H14ClN3O2S/c1-14-11(17)15-10(16)4-5-18-9-6-7(12)2-3-8(9)13/h2-3,6H,4-5,13H2,1H3,(H2,14,15,16,17). The summed E-state index contributed by atoms with van der Waals surface area (Å²) < 4.78 is 0. The third-order valence-corrected chi connectivity index (χ3v) is 3.35. The van der Waals surface area contributed by atoms with E-state index in [-0.39, 0.29) is 12.3 Å². The average Bonchev–Trinajstić information content (AvgIpc) is 2.33. The predicted octanol–water partition coefficient (Wildman–Crippen LogP) is 1.86. The number of hydrogen-bond donors (Lipinski definition) is 3. The normalized spacial score (nSPS) is 9.89. The van der Waals surface area contributed by atoms with E-state index in [1.165, 1.54) is 18.8 Å². The van der Waals surface area contributed by atoms with Crippen LogP contribution in [0.2, 0.25) is 5.02 Å². The van der Waals surface area contributed by atoms with Crippen molar-refractivity contribution in [1.29, 1.82) is 0 Å². The summed E-state index contributed by atoms with van der Waals surface area (Å²) in [6, 6.07) is 4.67. The summed E-state index contributed by atoms with van der Waals surface area (Å²) in [5.74, 6) is 0.190. The van der Waals surface area contributed by atoms with Crippen LogP contribution in [-0.2, 0) is 4.79 Å². The number of imide groups is 1. The van der Waals surface area contributed by atoms with Crippen LogP contribution in [0, 0.1) is 0 Å². The number of nitrogen functional groups attached to an aromatic ring is 1. The van der Waals surface area contributed by atoms with E-state index in [1.807, 2.05) is 0 Å². The number of thioether (sulfide) groups is 1. The van der Waals surface area contributed by atoms with Crippen molar-refractivity contribution in [2.75, 3.05) is 18.5 Å². The molecular formula is C11H14ClN3O2S. The zero-order chi connectivity index (χ0) is 13.5. The summed E-state index contributed by atoms with van der Waals surface area (Å²) in [6.45, 7) is 0. The van der Waals surface area contributed by atoms with E-state index in [9.17, 15) is 9.59 Å². The van der Waals surface area contributed by atoms with Crippen molar-refractivity contribution in [3.63, 3.8) is 0 Å². The number of nitrogens with two attached hydrogens (primary N) is 1. The van der Waals surface area contributed by atoms with Gasteiger partial charge in [0.05, 0.1) is 0 Å². The second-order valence-corrected chi connectivity index (χ2v) is 4.98. The van der Waals surface area contributed by atoms with Gasteiger partial charge in [0.1, 0.15) is 0 Å². The Bertz CT molecular complexity index is 454. The lowest BCUT2D eigenvalue weighted by Gasteiger charge is -2.06. The molecule has 0 bridgehead atoms. The van der Waals surface area contributed by atoms with Gasteiger partial charge in [-0.15, -0.1) is 11.8 Å². The molecule has 0 unspecified atom stereocenters. The first-order valence-corrected chi connectivity index (χ1v) is 6.58. The molecule has 0 saturated carbocycles. The molecule has 0 aliphatic rings. The SMILES string of the molecule is CNC(=O)NC(=O)CCSc1cc(Cl)ccc1N. The molecule has 1 rings (SSSR count). The monoisotopic (exact) mass is 287 g/mol. The Hall–Kier alpha value is -1.40. The van der Waals surface area contributed by atoms with Crippen molar-refractivity contribution in [3.8, 4) is 0 Å². The molecule has 0 aliphatic carbocycles. The minimum Gasteiger partial charge on any atom is -0.398 e. The van der Waals surface area contributed by atoms with Gasteiger partial charge in [0.15, 0.2) is 0 Å². The summed E-state index contributed by atoms with van der Waals surface area (Å²) in [6.07, 6.45) is 0.226. The molecule has 5 nitrogen and oxygen atoms in total.